The molecule has 3 atom stereocenters. The summed E-state index contributed by atoms with van der Waals surface area (Å²) in [4.78, 5) is 63.3. The van der Waals surface area contributed by atoms with Gasteiger partial charge in [-0.25, -0.2) is 5.01 Å². The molecule has 1 heterocycles. The van der Waals surface area contributed by atoms with E-state index < -0.39 is 46.8 Å². The van der Waals surface area contributed by atoms with E-state index in [4.69, 9.17) is 11.6 Å². The van der Waals surface area contributed by atoms with Crippen LogP contribution in [0.3, 0.4) is 0 Å². The highest BCUT2D eigenvalue weighted by Gasteiger charge is 2.53. The molecule has 4 rings (SSSR count). The molecule has 34 heavy (non-hydrogen) atoms. The summed E-state index contributed by atoms with van der Waals surface area (Å²) in [5, 5.41) is 13.0. The number of carbonyl (C=O) groups excluding carboxylic acids is 4. The largest absolute Gasteiger partial charge is 0.292 e. The number of nitro benzene ring substituents is 1. The molecule has 0 N–H and O–H groups in total. The fourth-order valence-corrected chi connectivity index (χ4v) is 4.47. The van der Waals surface area contributed by atoms with E-state index in [1.165, 1.54) is 36.4 Å². The zero-order valence-electron chi connectivity index (χ0n) is 18.1. The van der Waals surface area contributed by atoms with Crippen LogP contribution in [0.2, 0.25) is 5.02 Å². The van der Waals surface area contributed by atoms with Gasteiger partial charge in [0.25, 0.3) is 23.4 Å². The maximum atomic E-state index is 13.4. The highest BCUT2D eigenvalue weighted by molar-refractivity contribution is 6.30. The Bertz CT molecular complexity index is 1210. The molecule has 0 bridgehead atoms. The summed E-state index contributed by atoms with van der Waals surface area (Å²) in [7, 11) is 0. The number of nitrogens with zero attached hydrogens (tertiary/aromatic N) is 3. The third-order valence-corrected chi connectivity index (χ3v) is 6.36. The van der Waals surface area contributed by atoms with E-state index in [2.05, 4.69) is 0 Å². The molecule has 1 aliphatic heterocycles. The predicted molar refractivity (Wildman–Crippen MR) is 122 cm³/mol. The number of hydrogen-bond acceptors (Lipinski definition) is 6. The van der Waals surface area contributed by atoms with E-state index in [9.17, 15) is 29.3 Å². The molecule has 2 aromatic rings. The fourth-order valence-electron chi connectivity index (χ4n) is 4.34. The molecule has 9 nitrogen and oxygen atoms in total. The van der Waals surface area contributed by atoms with E-state index in [0.717, 1.165) is 22.2 Å². The number of fused-ring (bicyclic) bond motifs is 1. The summed E-state index contributed by atoms with van der Waals surface area (Å²) in [5.74, 6) is -3.85. The summed E-state index contributed by atoms with van der Waals surface area (Å²) in [6.07, 6.45) is 4.06. The smallest absolute Gasteiger partial charge is 0.273 e. The number of imide groups is 1. The second-order valence-electron chi connectivity index (χ2n) is 8.24. The van der Waals surface area contributed by atoms with Gasteiger partial charge in [-0.1, -0.05) is 30.7 Å². The van der Waals surface area contributed by atoms with Crippen molar-refractivity contribution in [3.8, 4) is 0 Å². The van der Waals surface area contributed by atoms with Gasteiger partial charge in [0.1, 0.15) is 6.54 Å². The first-order valence-corrected chi connectivity index (χ1v) is 11.0. The Morgan fingerprint density at radius 3 is 2.26 bits per heavy atom. The average Bonchev–Trinajstić information content (AvgIpc) is 3.08. The van der Waals surface area contributed by atoms with Crippen molar-refractivity contribution >= 4 is 40.8 Å². The summed E-state index contributed by atoms with van der Waals surface area (Å²) in [6, 6.07) is 10.7. The maximum absolute atomic E-state index is 13.4. The Morgan fingerprint density at radius 2 is 1.68 bits per heavy atom. The molecule has 0 aromatic heterocycles. The Morgan fingerprint density at radius 1 is 1.06 bits per heavy atom. The lowest BCUT2D eigenvalue weighted by molar-refractivity contribution is -0.384. The van der Waals surface area contributed by atoms with Crippen molar-refractivity contribution in [2.45, 2.75) is 13.3 Å². The first-order chi connectivity index (χ1) is 16.2. The second-order valence-corrected chi connectivity index (χ2v) is 8.68. The summed E-state index contributed by atoms with van der Waals surface area (Å²) in [5.41, 5.74) is 0.0215. The molecule has 174 valence electrons. The zero-order chi connectivity index (χ0) is 24.6. The lowest BCUT2D eigenvalue weighted by Gasteiger charge is -2.30. The third-order valence-electron chi connectivity index (χ3n) is 6.11. The molecule has 10 heteroatoms. The van der Waals surface area contributed by atoms with Crippen molar-refractivity contribution in [3.63, 3.8) is 0 Å². The standard InChI is InChI=1S/C24H20ClN3O6/c1-14-3-2-4-19-21(14)24(32)27(23(19)31)26(13-20(29)15-5-9-17(25)10-6-15)22(30)16-7-11-18(12-8-16)28(33)34/h2-3,5-12,14,19,21H,4,13H2,1H3/t14-,19-,21-/m1/s1. The SMILES string of the molecule is C[C@@H]1C=CC[C@H]2C(=O)N(N(CC(=O)c3ccc(Cl)cc3)C(=O)c3ccc([N+](=O)[O-])cc3)C(=O)[C@H]12. The molecule has 1 saturated heterocycles. The molecule has 0 saturated carbocycles. The molecule has 3 amide bonds. The van der Waals surface area contributed by atoms with E-state index in [0.29, 0.717) is 11.4 Å². The first-order valence-electron chi connectivity index (χ1n) is 10.6. The number of halogens is 1. The second kappa shape index (κ2) is 9.18. The number of Topliss-reactive ketones (excluding diaryl/α,β-unsaturated/α-hetero) is 1. The van der Waals surface area contributed by atoms with Crippen LogP contribution in [0, 0.1) is 27.9 Å². The molecule has 2 aromatic carbocycles. The molecule has 2 aliphatic rings. The fraction of sp³-hybridized carbons (Fsp3) is 0.250. The van der Waals surface area contributed by atoms with Gasteiger partial charge in [-0.05, 0) is 48.7 Å². The van der Waals surface area contributed by atoms with Crippen LogP contribution < -0.4 is 0 Å². The molecular formula is C24H20ClN3O6. The van der Waals surface area contributed by atoms with E-state index >= 15 is 0 Å². The monoisotopic (exact) mass is 481 g/mol. The normalized spacial score (nSPS) is 21.4. The molecular weight excluding hydrogens is 462 g/mol. The van der Waals surface area contributed by atoms with Gasteiger partial charge in [0, 0.05) is 28.3 Å². The van der Waals surface area contributed by atoms with Gasteiger partial charge < -0.3 is 0 Å². The Hall–Kier alpha value is -3.85. The summed E-state index contributed by atoms with van der Waals surface area (Å²) in [6.45, 7) is 1.25. The number of hydrogen-bond donors (Lipinski definition) is 0. The van der Waals surface area contributed by atoms with Crippen molar-refractivity contribution in [2.75, 3.05) is 6.54 Å². The number of rotatable bonds is 6. The molecule has 1 fully saturated rings. The lowest BCUT2D eigenvalue weighted by Crippen LogP contribution is -2.52. The van der Waals surface area contributed by atoms with Crippen LogP contribution in [-0.4, -0.2) is 45.0 Å². The van der Waals surface area contributed by atoms with E-state index in [1.807, 2.05) is 19.1 Å². The number of benzene rings is 2. The van der Waals surface area contributed by atoms with Crippen molar-refractivity contribution in [2.24, 2.45) is 17.8 Å². The predicted octanol–water partition coefficient (Wildman–Crippen LogP) is 3.69. The molecule has 0 spiro atoms. The minimum Gasteiger partial charge on any atom is -0.292 e. The number of non-ortho nitro benzene ring substituents is 1. The maximum Gasteiger partial charge on any atom is 0.273 e. The van der Waals surface area contributed by atoms with Gasteiger partial charge in [-0.3, -0.25) is 29.3 Å². The van der Waals surface area contributed by atoms with Crippen LogP contribution in [0.25, 0.3) is 0 Å². The first kappa shape index (κ1) is 23.3. The van der Waals surface area contributed by atoms with Gasteiger partial charge in [0.05, 0.1) is 16.8 Å². The summed E-state index contributed by atoms with van der Waals surface area (Å²) < 4.78 is 0. The van der Waals surface area contributed by atoms with Crippen LogP contribution >= 0.6 is 11.6 Å². The average molecular weight is 482 g/mol. The number of allylic oxidation sites excluding steroid dienone is 2. The molecule has 1 aliphatic carbocycles. The quantitative estimate of drug-likeness (QED) is 0.204. The van der Waals surface area contributed by atoms with Crippen LogP contribution in [0.1, 0.15) is 34.1 Å². The van der Waals surface area contributed by atoms with E-state index in [-0.39, 0.29) is 22.7 Å². The Kier molecular flexibility index (Phi) is 6.30. The zero-order valence-corrected chi connectivity index (χ0v) is 18.8. The van der Waals surface area contributed by atoms with Gasteiger partial charge >= 0.3 is 0 Å². The van der Waals surface area contributed by atoms with Crippen LogP contribution in [0.4, 0.5) is 5.69 Å². The number of hydrazine groups is 1. The van der Waals surface area contributed by atoms with E-state index in [1.54, 1.807) is 0 Å². The molecule has 0 radical (unpaired) electrons. The number of ketones is 1. The van der Waals surface area contributed by atoms with Crippen molar-refractivity contribution < 1.29 is 24.1 Å². The van der Waals surface area contributed by atoms with Gasteiger partial charge in [0.2, 0.25) is 0 Å². The van der Waals surface area contributed by atoms with Gasteiger partial charge in [0.15, 0.2) is 5.78 Å². The van der Waals surface area contributed by atoms with Crippen LogP contribution in [0.15, 0.2) is 60.7 Å². The number of carbonyl (C=O) groups is 4. The topological polar surface area (TPSA) is 118 Å². The minimum absolute atomic E-state index is 0.00356. The summed E-state index contributed by atoms with van der Waals surface area (Å²) >= 11 is 5.89. The molecule has 0 unspecified atom stereocenters. The Labute approximate surface area is 199 Å². The number of amides is 3. The minimum atomic E-state index is -0.793. The van der Waals surface area contributed by atoms with Crippen LogP contribution in [0.5, 0.6) is 0 Å². The Balaban J connectivity index is 1.70. The van der Waals surface area contributed by atoms with Gasteiger partial charge in [-0.15, -0.1) is 0 Å². The highest BCUT2D eigenvalue weighted by Crippen LogP contribution is 2.39. The van der Waals surface area contributed by atoms with Crippen molar-refractivity contribution in [1.29, 1.82) is 0 Å². The highest BCUT2D eigenvalue weighted by atomic mass is 35.5. The third kappa shape index (κ3) is 4.22. The lowest BCUT2D eigenvalue weighted by atomic mass is 9.78. The van der Waals surface area contributed by atoms with Crippen molar-refractivity contribution in [1.82, 2.24) is 10.0 Å². The van der Waals surface area contributed by atoms with Crippen molar-refractivity contribution in [3.05, 3.63) is 86.9 Å². The van der Waals surface area contributed by atoms with Crippen LogP contribution in [-0.2, 0) is 9.59 Å². The van der Waals surface area contributed by atoms with Gasteiger partial charge in [-0.2, -0.15) is 5.01 Å². The number of nitro groups is 1.